The lowest BCUT2D eigenvalue weighted by Gasteiger charge is -2.05. The highest BCUT2D eigenvalue weighted by molar-refractivity contribution is 9.10. The van der Waals surface area contributed by atoms with Crippen molar-refractivity contribution in [2.24, 2.45) is 0 Å². The monoisotopic (exact) mass is 294 g/mol. The molecule has 0 fully saturated rings. The van der Waals surface area contributed by atoms with Gasteiger partial charge in [0.05, 0.1) is 4.47 Å². The number of carbonyl (C=O) groups is 1. The van der Waals surface area contributed by atoms with E-state index in [1.54, 1.807) is 12.1 Å². The van der Waals surface area contributed by atoms with Crippen molar-refractivity contribution < 1.29 is 9.53 Å². The maximum absolute atomic E-state index is 10.9. The fourth-order valence-electron chi connectivity index (χ4n) is 1.41. The van der Waals surface area contributed by atoms with Crippen LogP contribution in [0.4, 0.5) is 0 Å². The predicted octanol–water partition coefficient (Wildman–Crippen LogP) is 3.17. The molecule has 2 nitrogen and oxygen atoms in total. The van der Waals surface area contributed by atoms with E-state index < -0.39 is 11.3 Å². The smallest absolute Gasteiger partial charge is 0.262 e. The van der Waals surface area contributed by atoms with Crippen molar-refractivity contribution in [1.82, 2.24) is 0 Å². The van der Waals surface area contributed by atoms with Crippen LogP contribution in [0.5, 0.6) is 5.75 Å². The van der Waals surface area contributed by atoms with Crippen LogP contribution >= 0.6 is 39.1 Å². The summed E-state index contributed by atoms with van der Waals surface area (Å²) >= 11 is 14.5. The molecule has 5 heteroatoms. The van der Waals surface area contributed by atoms with Gasteiger partial charge in [-0.3, -0.25) is 4.79 Å². The highest BCUT2D eigenvalue weighted by Gasteiger charge is 2.29. The quantitative estimate of drug-likeness (QED) is 0.744. The van der Waals surface area contributed by atoms with E-state index in [1.165, 1.54) is 0 Å². The second-order valence-corrected chi connectivity index (χ2v) is 4.65. The zero-order chi connectivity index (χ0) is 10.3. The lowest BCUT2D eigenvalue weighted by Crippen LogP contribution is -2.20. The summed E-state index contributed by atoms with van der Waals surface area (Å²) < 4.78 is 6.12. The summed E-state index contributed by atoms with van der Waals surface area (Å²) in [7, 11) is 0. The Morgan fingerprint density at radius 1 is 1.57 bits per heavy atom. The molecule has 0 bridgehead atoms. The molecule has 14 heavy (non-hydrogen) atoms. The molecule has 1 aliphatic heterocycles. The molecule has 1 heterocycles. The molecule has 2 rings (SSSR count). The van der Waals surface area contributed by atoms with E-state index in [-0.39, 0.29) is 0 Å². The Labute approximate surface area is 99.3 Å². The van der Waals surface area contributed by atoms with Crippen LogP contribution in [0.1, 0.15) is 5.56 Å². The van der Waals surface area contributed by atoms with Gasteiger partial charge in [-0.25, -0.2) is 0 Å². The molecule has 0 aromatic heterocycles. The van der Waals surface area contributed by atoms with Crippen molar-refractivity contribution in [2.45, 2.75) is 12.5 Å². The molecule has 0 saturated heterocycles. The number of ether oxygens (including phenoxy) is 1. The standard InChI is InChI=1S/C9H5BrCl2O2/c10-6-3-5(11)1-4-2-7(9(12)13)14-8(4)6/h1,3,7H,2H2/t7-/m0/s1. The molecule has 0 unspecified atom stereocenters. The second-order valence-electron chi connectivity index (χ2n) is 2.99. The van der Waals surface area contributed by atoms with Crippen LogP contribution in [-0.2, 0) is 11.2 Å². The normalized spacial score (nSPS) is 18.9. The molecule has 0 aliphatic carbocycles. The molecule has 0 N–H and O–H groups in total. The Morgan fingerprint density at radius 3 is 2.93 bits per heavy atom. The van der Waals surface area contributed by atoms with Gasteiger partial charge in [0.2, 0.25) is 0 Å². The molecule has 0 amide bonds. The van der Waals surface area contributed by atoms with E-state index >= 15 is 0 Å². The minimum absolute atomic E-state index is 0.482. The fraction of sp³-hybridized carbons (Fsp3) is 0.222. The van der Waals surface area contributed by atoms with Crippen LogP contribution in [0.2, 0.25) is 5.02 Å². The molecule has 1 aliphatic rings. The molecule has 0 saturated carbocycles. The second kappa shape index (κ2) is 3.72. The largest absolute Gasteiger partial charge is 0.479 e. The summed E-state index contributed by atoms with van der Waals surface area (Å²) in [5, 5.41) is 0.131. The zero-order valence-electron chi connectivity index (χ0n) is 6.89. The van der Waals surface area contributed by atoms with E-state index in [1.807, 2.05) is 0 Å². The minimum atomic E-state index is -0.582. The summed E-state index contributed by atoms with van der Waals surface area (Å²) in [5.74, 6) is 0.661. The van der Waals surface area contributed by atoms with Gasteiger partial charge < -0.3 is 4.74 Å². The Kier molecular flexibility index (Phi) is 2.73. The van der Waals surface area contributed by atoms with Gasteiger partial charge in [-0.2, -0.15) is 0 Å². The average Bonchev–Trinajstić information content (AvgIpc) is 2.47. The van der Waals surface area contributed by atoms with Crippen LogP contribution in [0.3, 0.4) is 0 Å². The number of halogens is 3. The van der Waals surface area contributed by atoms with E-state index in [0.717, 1.165) is 10.0 Å². The van der Waals surface area contributed by atoms with Crippen LogP contribution in [-0.4, -0.2) is 11.3 Å². The highest BCUT2D eigenvalue weighted by Crippen LogP contribution is 2.38. The maximum Gasteiger partial charge on any atom is 0.262 e. The van der Waals surface area contributed by atoms with Gasteiger partial charge in [0.15, 0.2) is 6.10 Å². The van der Waals surface area contributed by atoms with Gasteiger partial charge in [0.1, 0.15) is 5.75 Å². The molecule has 0 radical (unpaired) electrons. The van der Waals surface area contributed by atoms with Crippen molar-refractivity contribution in [3.8, 4) is 5.75 Å². The van der Waals surface area contributed by atoms with Gasteiger partial charge in [-0.1, -0.05) is 11.6 Å². The number of hydrogen-bond acceptors (Lipinski definition) is 2. The Morgan fingerprint density at radius 2 is 2.29 bits per heavy atom. The van der Waals surface area contributed by atoms with Crippen molar-refractivity contribution in [3.63, 3.8) is 0 Å². The Hall–Kier alpha value is -0.250. The molecule has 1 atom stereocenters. The van der Waals surface area contributed by atoms with Gasteiger partial charge in [0.25, 0.3) is 5.24 Å². The molecule has 1 aromatic carbocycles. The number of fused-ring (bicyclic) bond motifs is 1. The highest BCUT2D eigenvalue weighted by atomic mass is 79.9. The van der Waals surface area contributed by atoms with Crippen LogP contribution < -0.4 is 4.74 Å². The molecular weight excluding hydrogens is 291 g/mol. The number of rotatable bonds is 1. The van der Waals surface area contributed by atoms with Crippen LogP contribution in [0, 0.1) is 0 Å². The van der Waals surface area contributed by atoms with Gasteiger partial charge in [-0.05, 0) is 39.7 Å². The SMILES string of the molecule is O=C(Cl)[C@@H]1Cc2cc(Cl)cc(Br)c2O1. The first-order valence-corrected chi connectivity index (χ1v) is 5.47. The summed E-state index contributed by atoms with van der Waals surface area (Å²) in [6.45, 7) is 0. The molecule has 0 spiro atoms. The molecular formula is C9H5BrCl2O2. The molecule has 74 valence electrons. The zero-order valence-corrected chi connectivity index (χ0v) is 9.99. The molecule has 1 aromatic rings. The van der Waals surface area contributed by atoms with Crippen molar-refractivity contribution >= 4 is 44.4 Å². The van der Waals surface area contributed by atoms with E-state index in [0.29, 0.717) is 17.2 Å². The van der Waals surface area contributed by atoms with Gasteiger partial charge in [0, 0.05) is 17.0 Å². The van der Waals surface area contributed by atoms with Crippen molar-refractivity contribution in [1.29, 1.82) is 0 Å². The number of hydrogen-bond donors (Lipinski definition) is 0. The lowest BCUT2D eigenvalue weighted by atomic mass is 10.1. The number of carbonyl (C=O) groups excluding carboxylic acids is 1. The lowest BCUT2D eigenvalue weighted by molar-refractivity contribution is -0.117. The first kappa shape index (κ1) is 10.3. The van der Waals surface area contributed by atoms with Crippen LogP contribution in [0.15, 0.2) is 16.6 Å². The fourth-order valence-corrected chi connectivity index (χ4v) is 2.50. The van der Waals surface area contributed by atoms with E-state index in [2.05, 4.69) is 15.9 Å². The third kappa shape index (κ3) is 1.76. The minimum Gasteiger partial charge on any atom is -0.479 e. The number of benzene rings is 1. The van der Waals surface area contributed by atoms with E-state index in [4.69, 9.17) is 27.9 Å². The third-order valence-electron chi connectivity index (χ3n) is 2.00. The predicted molar refractivity (Wildman–Crippen MR) is 58.1 cm³/mol. The Balaban J connectivity index is 2.39. The van der Waals surface area contributed by atoms with Crippen molar-refractivity contribution in [3.05, 3.63) is 27.2 Å². The summed E-state index contributed by atoms with van der Waals surface area (Å²) in [4.78, 5) is 10.9. The van der Waals surface area contributed by atoms with Crippen molar-refractivity contribution in [2.75, 3.05) is 0 Å². The first-order valence-electron chi connectivity index (χ1n) is 3.92. The third-order valence-corrected chi connectivity index (χ3v) is 3.05. The van der Waals surface area contributed by atoms with Crippen LogP contribution in [0.25, 0.3) is 0 Å². The summed E-state index contributed by atoms with van der Waals surface area (Å²) in [6, 6.07) is 3.50. The Bertz CT molecular complexity index is 406. The summed E-state index contributed by atoms with van der Waals surface area (Å²) in [6.07, 6.45) is -0.0990. The topological polar surface area (TPSA) is 26.3 Å². The van der Waals surface area contributed by atoms with Gasteiger partial charge >= 0.3 is 0 Å². The summed E-state index contributed by atoms with van der Waals surface area (Å²) in [5.41, 5.74) is 0.906. The maximum atomic E-state index is 10.9. The van der Waals surface area contributed by atoms with Gasteiger partial charge in [-0.15, -0.1) is 0 Å². The van der Waals surface area contributed by atoms with E-state index in [9.17, 15) is 4.79 Å². The first-order chi connectivity index (χ1) is 6.58. The average molecular weight is 296 g/mol.